The quantitative estimate of drug-likeness (QED) is 0.827. The largest absolute Gasteiger partial charge is 0.390 e. The van der Waals surface area contributed by atoms with Crippen LogP contribution in [0.25, 0.3) is 11.3 Å². The van der Waals surface area contributed by atoms with E-state index in [-0.39, 0.29) is 12.6 Å². The Morgan fingerprint density at radius 2 is 2.09 bits per heavy atom. The number of rotatable bonds is 5. The van der Waals surface area contributed by atoms with Gasteiger partial charge >= 0.3 is 6.18 Å². The van der Waals surface area contributed by atoms with Gasteiger partial charge in [0.15, 0.2) is 0 Å². The van der Waals surface area contributed by atoms with Crippen LogP contribution in [0, 0.1) is 0 Å². The van der Waals surface area contributed by atoms with Gasteiger partial charge in [0.25, 0.3) is 0 Å². The first-order valence-corrected chi connectivity index (χ1v) is 7.15. The topological polar surface area (TPSA) is 42.7 Å². The van der Waals surface area contributed by atoms with Gasteiger partial charge < -0.3 is 5.32 Å². The van der Waals surface area contributed by atoms with Crippen molar-refractivity contribution in [2.24, 2.45) is 0 Å². The Balaban J connectivity index is 2.23. The molecule has 0 aliphatic heterocycles. The van der Waals surface area contributed by atoms with Gasteiger partial charge in [-0.25, -0.2) is 4.98 Å². The minimum atomic E-state index is -4.20. The van der Waals surface area contributed by atoms with Crippen LogP contribution in [-0.4, -0.2) is 27.0 Å². The number of alkyl halides is 3. The van der Waals surface area contributed by atoms with Crippen LogP contribution in [0.3, 0.4) is 0 Å². The molecule has 4 nitrogen and oxygen atoms in total. The van der Waals surface area contributed by atoms with Crippen LogP contribution in [0.15, 0.2) is 24.5 Å². The molecule has 0 aliphatic rings. The molecule has 0 saturated heterocycles. The third-order valence-electron chi connectivity index (χ3n) is 2.86. The molecule has 1 N–H and O–H groups in total. The molecule has 2 aromatic rings. The fourth-order valence-corrected chi connectivity index (χ4v) is 2.09. The van der Waals surface area contributed by atoms with Gasteiger partial charge in [-0.1, -0.05) is 11.6 Å². The van der Waals surface area contributed by atoms with Crippen molar-refractivity contribution in [1.29, 1.82) is 0 Å². The molecule has 0 aromatic carbocycles. The van der Waals surface area contributed by atoms with E-state index in [9.17, 15) is 13.2 Å². The Morgan fingerprint density at radius 3 is 2.73 bits per heavy atom. The summed E-state index contributed by atoms with van der Waals surface area (Å²) in [6, 6.07) is 3.50. The Morgan fingerprint density at radius 1 is 1.36 bits per heavy atom. The molecule has 8 heteroatoms. The third kappa shape index (κ3) is 4.62. The summed E-state index contributed by atoms with van der Waals surface area (Å²) in [6.45, 7) is 3.73. The van der Waals surface area contributed by atoms with E-state index in [0.29, 0.717) is 16.4 Å². The van der Waals surface area contributed by atoms with Gasteiger partial charge in [0, 0.05) is 36.2 Å². The SMILES string of the molecule is CC(C)Nc1cc(Cl)ncc1-c1ccn(CCC(F)(F)F)n1. The number of nitrogens with one attached hydrogen (secondary N) is 1. The number of aromatic nitrogens is 3. The normalized spacial score (nSPS) is 12.0. The summed E-state index contributed by atoms with van der Waals surface area (Å²) in [7, 11) is 0. The predicted octanol–water partition coefficient (Wildman–Crippen LogP) is 4.37. The Bertz CT molecular complexity index is 637. The van der Waals surface area contributed by atoms with E-state index in [1.165, 1.54) is 10.9 Å². The maximum atomic E-state index is 12.2. The average molecular weight is 333 g/mol. The zero-order chi connectivity index (χ0) is 16.3. The zero-order valence-electron chi connectivity index (χ0n) is 12.2. The summed E-state index contributed by atoms with van der Waals surface area (Å²) >= 11 is 5.89. The smallest absolute Gasteiger partial charge is 0.382 e. The van der Waals surface area contributed by atoms with Crippen molar-refractivity contribution in [3.8, 4) is 11.3 Å². The summed E-state index contributed by atoms with van der Waals surface area (Å²) in [4.78, 5) is 4.01. The number of nitrogens with zero attached hydrogens (tertiary/aromatic N) is 3. The van der Waals surface area contributed by atoms with Crippen molar-refractivity contribution in [3.05, 3.63) is 29.7 Å². The number of pyridine rings is 1. The molecule has 0 fully saturated rings. The molecule has 0 saturated carbocycles. The highest BCUT2D eigenvalue weighted by Crippen LogP contribution is 2.29. The van der Waals surface area contributed by atoms with Crippen LogP contribution in [0.4, 0.5) is 18.9 Å². The maximum absolute atomic E-state index is 12.2. The fraction of sp³-hybridized carbons (Fsp3) is 0.429. The zero-order valence-corrected chi connectivity index (χ0v) is 12.9. The summed E-state index contributed by atoms with van der Waals surface area (Å²) in [6.07, 6.45) is -2.03. The Hall–Kier alpha value is -1.76. The summed E-state index contributed by atoms with van der Waals surface area (Å²) in [5.74, 6) is 0. The molecule has 22 heavy (non-hydrogen) atoms. The van der Waals surface area contributed by atoms with Gasteiger partial charge in [0.05, 0.1) is 12.1 Å². The minimum absolute atomic E-state index is 0.171. The second kappa shape index (κ2) is 6.56. The molecule has 0 aliphatic carbocycles. The standard InChI is InChI=1S/C14H16ClF3N4/c1-9(2)20-12-7-13(15)19-8-10(12)11-3-5-22(21-11)6-4-14(16,17)18/h3,5,7-9H,4,6H2,1-2H3,(H,19,20). The van der Waals surface area contributed by atoms with Gasteiger partial charge in [-0.15, -0.1) is 0 Å². The Kier molecular flexibility index (Phi) is 4.95. The van der Waals surface area contributed by atoms with Crippen molar-refractivity contribution >= 4 is 17.3 Å². The molecular formula is C14H16ClF3N4. The molecule has 2 aromatic heterocycles. The van der Waals surface area contributed by atoms with E-state index in [2.05, 4.69) is 15.4 Å². The molecule has 0 radical (unpaired) electrons. The first-order chi connectivity index (χ1) is 10.2. The van der Waals surface area contributed by atoms with Crippen molar-refractivity contribution in [2.45, 2.75) is 39.0 Å². The number of halogens is 4. The van der Waals surface area contributed by atoms with Crippen molar-refractivity contribution in [2.75, 3.05) is 5.32 Å². The van der Waals surface area contributed by atoms with Crippen molar-refractivity contribution in [1.82, 2.24) is 14.8 Å². The monoisotopic (exact) mass is 332 g/mol. The van der Waals surface area contributed by atoms with Crippen molar-refractivity contribution < 1.29 is 13.2 Å². The van der Waals surface area contributed by atoms with Crippen LogP contribution < -0.4 is 5.32 Å². The fourth-order valence-electron chi connectivity index (χ4n) is 1.94. The second-order valence-electron chi connectivity index (χ2n) is 5.18. The van der Waals surface area contributed by atoms with E-state index in [0.717, 1.165) is 5.69 Å². The van der Waals surface area contributed by atoms with Crippen molar-refractivity contribution in [3.63, 3.8) is 0 Å². The van der Waals surface area contributed by atoms with Gasteiger partial charge in [-0.2, -0.15) is 18.3 Å². The van der Waals surface area contributed by atoms with E-state index in [4.69, 9.17) is 11.6 Å². The van der Waals surface area contributed by atoms with E-state index in [1.807, 2.05) is 13.8 Å². The van der Waals surface area contributed by atoms with Crippen LogP contribution in [0.1, 0.15) is 20.3 Å². The van der Waals surface area contributed by atoms with E-state index in [1.54, 1.807) is 18.3 Å². The molecule has 0 amide bonds. The first kappa shape index (κ1) is 16.6. The van der Waals surface area contributed by atoms with Crippen LogP contribution in [-0.2, 0) is 6.54 Å². The highest BCUT2D eigenvalue weighted by atomic mass is 35.5. The molecule has 2 heterocycles. The van der Waals surface area contributed by atoms with Crippen LogP contribution in [0.2, 0.25) is 5.15 Å². The molecule has 0 atom stereocenters. The second-order valence-corrected chi connectivity index (χ2v) is 5.57. The Labute approximate surface area is 131 Å². The van der Waals surface area contributed by atoms with Gasteiger partial charge in [0.1, 0.15) is 5.15 Å². The minimum Gasteiger partial charge on any atom is -0.382 e. The lowest BCUT2D eigenvalue weighted by Crippen LogP contribution is -2.13. The van der Waals surface area contributed by atoms with Crippen LogP contribution >= 0.6 is 11.6 Å². The molecule has 0 unspecified atom stereocenters. The number of hydrogen-bond donors (Lipinski definition) is 1. The lowest BCUT2D eigenvalue weighted by molar-refractivity contribution is -0.137. The van der Waals surface area contributed by atoms with Gasteiger partial charge in [0.2, 0.25) is 0 Å². The van der Waals surface area contributed by atoms with E-state index < -0.39 is 12.6 Å². The summed E-state index contributed by atoms with van der Waals surface area (Å²) < 4.78 is 38.0. The molecule has 120 valence electrons. The van der Waals surface area contributed by atoms with Gasteiger partial charge in [-0.05, 0) is 26.0 Å². The van der Waals surface area contributed by atoms with Gasteiger partial charge in [-0.3, -0.25) is 4.68 Å². The number of anilines is 1. The predicted molar refractivity (Wildman–Crippen MR) is 79.9 cm³/mol. The van der Waals surface area contributed by atoms with Crippen LogP contribution in [0.5, 0.6) is 0 Å². The van der Waals surface area contributed by atoms with E-state index >= 15 is 0 Å². The lowest BCUT2D eigenvalue weighted by atomic mass is 10.1. The summed E-state index contributed by atoms with van der Waals surface area (Å²) in [5, 5.41) is 7.74. The summed E-state index contributed by atoms with van der Waals surface area (Å²) in [5.41, 5.74) is 1.99. The maximum Gasteiger partial charge on any atom is 0.390 e. The lowest BCUT2D eigenvalue weighted by Gasteiger charge is -2.13. The molecule has 0 spiro atoms. The molecule has 0 bridgehead atoms. The first-order valence-electron chi connectivity index (χ1n) is 6.77. The highest BCUT2D eigenvalue weighted by Gasteiger charge is 2.26. The number of hydrogen-bond acceptors (Lipinski definition) is 3. The highest BCUT2D eigenvalue weighted by molar-refractivity contribution is 6.29. The number of aryl methyl sites for hydroxylation is 1. The molecule has 2 rings (SSSR count). The third-order valence-corrected chi connectivity index (χ3v) is 3.06. The average Bonchev–Trinajstić information content (AvgIpc) is 2.83. The molecular weight excluding hydrogens is 317 g/mol.